The topological polar surface area (TPSA) is 78.9 Å². The third-order valence-corrected chi connectivity index (χ3v) is 8.52. The normalized spacial score (nSPS) is 12.0. The summed E-state index contributed by atoms with van der Waals surface area (Å²) in [5.74, 6) is -0.889. The summed E-state index contributed by atoms with van der Waals surface area (Å²) in [6.45, 7) is 6.53. The van der Waals surface area contributed by atoms with Crippen molar-refractivity contribution < 1.29 is 28.6 Å². The number of carbonyl (C=O) groups is 3. The zero-order valence-corrected chi connectivity index (χ0v) is 30.6. The molecule has 0 aromatic heterocycles. The van der Waals surface area contributed by atoms with Crippen LogP contribution in [0.15, 0.2) is 12.2 Å². The third-order valence-electron chi connectivity index (χ3n) is 8.52. The van der Waals surface area contributed by atoms with Crippen LogP contribution in [0, 0.1) is 0 Å². The van der Waals surface area contributed by atoms with Crippen LogP contribution in [0.4, 0.5) is 0 Å². The van der Waals surface area contributed by atoms with Crippen molar-refractivity contribution in [3.05, 3.63) is 12.2 Å². The molecule has 270 valence electrons. The molecule has 0 saturated heterocycles. The molecular weight excluding hydrogens is 576 g/mol. The van der Waals surface area contributed by atoms with Crippen LogP contribution < -0.4 is 0 Å². The number of hydrogen-bond donors (Lipinski definition) is 0. The average Bonchev–Trinajstić information content (AvgIpc) is 3.05. The van der Waals surface area contributed by atoms with Crippen LogP contribution in [0.5, 0.6) is 0 Å². The third kappa shape index (κ3) is 33.5. The van der Waals surface area contributed by atoms with Crippen molar-refractivity contribution in [2.45, 2.75) is 213 Å². The molecule has 0 aromatic rings. The predicted octanol–water partition coefficient (Wildman–Crippen LogP) is 11.9. The zero-order chi connectivity index (χ0) is 33.8. The van der Waals surface area contributed by atoms with Crippen LogP contribution in [0.2, 0.25) is 0 Å². The molecule has 0 amide bonds. The summed E-state index contributed by atoms with van der Waals surface area (Å²) in [6, 6.07) is 0. The van der Waals surface area contributed by atoms with Crippen molar-refractivity contribution in [3.63, 3.8) is 0 Å². The number of allylic oxidation sites excluding steroid dienone is 2. The Balaban J connectivity index is 4.33. The SMILES string of the molecule is CCCCC/C=C\CCCCCCCC(=O)OCC(COC(=O)CCCCCCCCCC)OC(=O)CCCCCCCCCC. The number of carbonyl (C=O) groups excluding carboxylic acids is 3. The van der Waals surface area contributed by atoms with E-state index in [1.807, 2.05) is 0 Å². The van der Waals surface area contributed by atoms with Crippen LogP contribution in [0.3, 0.4) is 0 Å². The molecular formula is C40H74O6. The molecule has 0 heterocycles. The van der Waals surface area contributed by atoms with Gasteiger partial charge in [-0.15, -0.1) is 0 Å². The molecule has 0 aromatic carbocycles. The van der Waals surface area contributed by atoms with E-state index >= 15 is 0 Å². The Morgan fingerprint density at radius 1 is 0.413 bits per heavy atom. The standard InChI is InChI=1S/C40H74O6/c1-4-7-10-13-16-19-20-21-22-25-27-30-33-39(42)45-36-37(46-40(43)34-31-28-24-18-15-12-9-6-3)35-44-38(41)32-29-26-23-17-14-11-8-5-2/h16,19,37H,4-15,17-18,20-36H2,1-3H3/b19-16-. The average molecular weight is 651 g/mol. The van der Waals surface area contributed by atoms with Crippen molar-refractivity contribution in [1.82, 2.24) is 0 Å². The molecule has 0 spiro atoms. The number of esters is 3. The molecule has 1 unspecified atom stereocenters. The van der Waals surface area contributed by atoms with E-state index in [-0.39, 0.29) is 31.1 Å². The summed E-state index contributed by atoms with van der Waals surface area (Å²) < 4.78 is 16.5. The van der Waals surface area contributed by atoms with Crippen molar-refractivity contribution in [2.75, 3.05) is 13.2 Å². The Labute approximate surface area is 284 Å². The zero-order valence-electron chi connectivity index (χ0n) is 30.6. The lowest BCUT2D eigenvalue weighted by Gasteiger charge is -2.18. The molecule has 46 heavy (non-hydrogen) atoms. The number of unbranched alkanes of at least 4 members (excludes halogenated alkanes) is 22. The van der Waals surface area contributed by atoms with Gasteiger partial charge in [-0.25, -0.2) is 0 Å². The van der Waals surface area contributed by atoms with Gasteiger partial charge in [0, 0.05) is 19.3 Å². The van der Waals surface area contributed by atoms with E-state index in [4.69, 9.17) is 14.2 Å². The summed E-state index contributed by atoms with van der Waals surface area (Å²) in [5, 5.41) is 0. The lowest BCUT2D eigenvalue weighted by Crippen LogP contribution is -2.30. The number of rotatable bonds is 35. The first-order valence-corrected chi connectivity index (χ1v) is 19.7. The Bertz CT molecular complexity index is 719. The fraction of sp³-hybridized carbons (Fsp3) is 0.875. The van der Waals surface area contributed by atoms with Crippen LogP contribution in [0.25, 0.3) is 0 Å². The highest BCUT2D eigenvalue weighted by molar-refractivity contribution is 5.71. The van der Waals surface area contributed by atoms with E-state index in [1.54, 1.807) is 0 Å². The maximum absolute atomic E-state index is 12.5. The maximum Gasteiger partial charge on any atom is 0.306 e. The lowest BCUT2D eigenvalue weighted by atomic mass is 10.1. The largest absolute Gasteiger partial charge is 0.462 e. The molecule has 0 fully saturated rings. The van der Waals surface area contributed by atoms with E-state index in [1.165, 1.54) is 103 Å². The molecule has 0 rings (SSSR count). The van der Waals surface area contributed by atoms with Gasteiger partial charge >= 0.3 is 17.9 Å². The van der Waals surface area contributed by atoms with Gasteiger partial charge in [0.25, 0.3) is 0 Å². The highest BCUT2D eigenvalue weighted by atomic mass is 16.6. The molecule has 0 aliphatic carbocycles. The summed E-state index contributed by atoms with van der Waals surface area (Å²) in [4.78, 5) is 37.3. The van der Waals surface area contributed by atoms with E-state index in [0.29, 0.717) is 19.3 Å². The molecule has 0 radical (unpaired) electrons. The Hall–Kier alpha value is -1.85. The van der Waals surface area contributed by atoms with E-state index in [2.05, 4.69) is 32.9 Å². The Kier molecular flexibility index (Phi) is 34.5. The van der Waals surface area contributed by atoms with Gasteiger partial charge in [0.15, 0.2) is 6.10 Å². The Morgan fingerprint density at radius 3 is 1.13 bits per heavy atom. The van der Waals surface area contributed by atoms with Gasteiger partial charge in [-0.2, -0.15) is 0 Å². The van der Waals surface area contributed by atoms with Gasteiger partial charge < -0.3 is 14.2 Å². The molecule has 0 aliphatic rings. The Morgan fingerprint density at radius 2 is 0.717 bits per heavy atom. The molecule has 0 bridgehead atoms. The molecule has 6 nitrogen and oxygen atoms in total. The monoisotopic (exact) mass is 651 g/mol. The highest BCUT2D eigenvalue weighted by Crippen LogP contribution is 2.13. The van der Waals surface area contributed by atoms with Crippen molar-refractivity contribution >= 4 is 17.9 Å². The first-order valence-electron chi connectivity index (χ1n) is 19.7. The van der Waals surface area contributed by atoms with Crippen molar-refractivity contribution in [1.29, 1.82) is 0 Å². The van der Waals surface area contributed by atoms with E-state index in [9.17, 15) is 14.4 Å². The van der Waals surface area contributed by atoms with Crippen LogP contribution in [0.1, 0.15) is 207 Å². The summed E-state index contributed by atoms with van der Waals surface area (Å²) in [7, 11) is 0. The van der Waals surface area contributed by atoms with Gasteiger partial charge in [-0.05, 0) is 44.9 Å². The summed E-state index contributed by atoms with van der Waals surface area (Å²) in [5.41, 5.74) is 0. The molecule has 0 N–H and O–H groups in total. The second-order valence-electron chi connectivity index (χ2n) is 13.2. The van der Waals surface area contributed by atoms with E-state index < -0.39 is 6.10 Å². The second kappa shape index (κ2) is 36.0. The smallest absolute Gasteiger partial charge is 0.306 e. The van der Waals surface area contributed by atoms with Gasteiger partial charge in [-0.3, -0.25) is 14.4 Å². The quantitative estimate of drug-likeness (QED) is 0.0294. The number of hydrogen-bond acceptors (Lipinski definition) is 6. The maximum atomic E-state index is 12.5. The minimum Gasteiger partial charge on any atom is -0.462 e. The highest BCUT2D eigenvalue weighted by Gasteiger charge is 2.19. The van der Waals surface area contributed by atoms with Crippen LogP contribution in [-0.4, -0.2) is 37.2 Å². The molecule has 0 saturated carbocycles. The summed E-state index contributed by atoms with van der Waals surface area (Å²) in [6.07, 6.45) is 34.9. The molecule has 0 aliphatic heterocycles. The predicted molar refractivity (Wildman–Crippen MR) is 192 cm³/mol. The minimum absolute atomic E-state index is 0.0701. The van der Waals surface area contributed by atoms with Crippen LogP contribution >= 0.6 is 0 Å². The lowest BCUT2D eigenvalue weighted by molar-refractivity contribution is -0.167. The number of ether oxygens (including phenoxy) is 3. The second-order valence-corrected chi connectivity index (χ2v) is 13.2. The molecule has 1 atom stereocenters. The van der Waals surface area contributed by atoms with Gasteiger partial charge in [-0.1, -0.05) is 155 Å². The van der Waals surface area contributed by atoms with Gasteiger partial charge in [0.1, 0.15) is 13.2 Å². The van der Waals surface area contributed by atoms with Crippen molar-refractivity contribution in [2.24, 2.45) is 0 Å². The fourth-order valence-corrected chi connectivity index (χ4v) is 5.49. The minimum atomic E-state index is -0.761. The molecule has 6 heteroatoms. The first-order chi connectivity index (χ1) is 22.5. The summed E-state index contributed by atoms with van der Waals surface area (Å²) >= 11 is 0. The van der Waals surface area contributed by atoms with Gasteiger partial charge in [0.2, 0.25) is 0 Å². The van der Waals surface area contributed by atoms with E-state index in [0.717, 1.165) is 64.2 Å². The van der Waals surface area contributed by atoms with Crippen molar-refractivity contribution in [3.8, 4) is 0 Å². The first kappa shape index (κ1) is 44.1. The van der Waals surface area contributed by atoms with Crippen LogP contribution in [-0.2, 0) is 28.6 Å². The fourth-order valence-electron chi connectivity index (χ4n) is 5.49. The van der Waals surface area contributed by atoms with Gasteiger partial charge in [0.05, 0.1) is 0 Å².